The van der Waals surface area contributed by atoms with Gasteiger partial charge in [-0.3, -0.25) is 9.59 Å². The lowest BCUT2D eigenvalue weighted by Gasteiger charge is -2.36. The molecule has 2 fully saturated rings. The molecule has 1 aromatic carbocycles. The fraction of sp³-hybridized carbons (Fsp3) is 0.556. The first-order valence-electron chi connectivity index (χ1n) is 12.7. The van der Waals surface area contributed by atoms with Gasteiger partial charge in [-0.15, -0.1) is 11.3 Å². The third-order valence-electron chi connectivity index (χ3n) is 7.52. The average Bonchev–Trinajstić information content (AvgIpc) is 3.28. The van der Waals surface area contributed by atoms with Crippen molar-refractivity contribution in [3.05, 3.63) is 50.7 Å². The van der Waals surface area contributed by atoms with Crippen LogP contribution < -0.4 is 15.5 Å². The number of hydrogen-bond donors (Lipinski definition) is 2. The molecule has 182 valence electrons. The van der Waals surface area contributed by atoms with E-state index in [1.807, 2.05) is 12.1 Å². The van der Waals surface area contributed by atoms with Gasteiger partial charge < -0.3 is 15.5 Å². The van der Waals surface area contributed by atoms with Crippen molar-refractivity contribution in [1.29, 1.82) is 0 Å². The van der Waals surface area contributed by atoms with Crippen molar-refractivity contribution in [2.24, 2.45) is 5.92 Å². The summed E-state index contributed by atoms with van der Waals surface area (Å²) in [7, 11) is 0. The number of amides is 2. The quantitative estimate of drug-likeness (QED) is 0.477. The number of halogens is 1. The molecule has 2 saturated carbocycles. The molecule has 2 heterocycles. The summed E-state index contributed by atoms with van der Waals surface area (Å²) in [5.41, 5.74) is 2.52. The minimum absolute atomic E-state index is 0.0188. The van der Waals surface area contributed by atoms with Gasteiger partial charge in [0.1, 0.15) is 6.04 Å². The number of thiophene rings is 1. The first-order chi connectivity index (χ1) is 16.5. The van der Waals surface area contributed by atoms with Crippen LogP contribution in [0.15, 0.2) is 30.3 Å². The smallest absolute Gasteiger partial charge is 0.262 e. The summed E-state index contributed by atoms with van der Waals surface area (Å²) in [5.74, 6) is 0.370. The van der Waals surface area contributed by atoms with Crippen LogP contribution >= 0.6 is 22.9 Å². The third kappa shape index (κ3) is 5.44. The number of anilines is 1. The largest absolute Gasteiger partial charge is 0.364 e. The molecule has 0 saturated heterocycles. The normalized spacial score (nSPS) is 20.0. The van der Waals surface area contributed by atoms with E-state index < -0.39 is 6.04 Å². The molecule has 1 aliphatic heterocycles. The molecule has 2 atom stereocenters. The highest BCUT2D eigenvalue weighted by Gasteiger charge is 2.32. The Balaban J connectivity index is 1.28. The van der Waals surface area contributed by atoms with Gasteiger partial charge in [0.2, 0.25) is 5.91 Å². The van der Waals surface area contributed by atoms with E-state index in [9.17, 15) is 9.59 Å². The first kappa shape index (κ1) is 23.7. The number of nitrogens with zero attached hydrogens (tertiary/aromatic N) is 1. The van der Waals surface area contributed by atoms with Gasteiger partial charge in [-0.25, -0.2) is 0 Å². The van der Waals surface area contributed by atoms with Gasteiger partial charge in [-0.05, 0) is 74.8 Å². The van der Waals surface area contributed by atoms with Gasteiger partial charge >= 0.3 is 0 Å². The summed E-state index contributed by atoms with van der Waals surface area (Å²) >= 11 is 7.82. The lowest BCUT2D eigenvalue weighted by Crippen LogP contribution is -2.48. The van der Waals surface area contributed by atoms with E-state index in [1.54, 1.807) is 0 Å². The van der Waals surface area contributed by atoms with Gasteiger partial charge in [0, 0.05) is 28.2 Å². The van der Waals surface area contributed by atoms with Crippen molar-refractivity contribution in [1.82, 2.24) is 10.6 Å². The van der Waals surface area contributed by atoms with E-state index in [0.717, 1.165) is 61.4 Å². The Hall–Kier alpha value is -2.05. The second kappa shape index (κ2) is 10.3. The summed E-state index contributed by atoms with van der Waals surface area (Å²) in [6.45, 7) is 3.16. The van der Waals surface area contributed by atoms with E-state index in [4.69, 9.17) is 11.6 Å². The molecule has 2 amide bonds. The molecule has 34 heavy (non-hydrogen) atoms. The van der Waals surface area contributed by atoms with Crippen molar-refractivity contribution in [3.63, 3.8) is 0 Å². The first-order valence-corrected chi connectivity index (χ1v) is 13.9. The highest BCUT2D eigenvalue weighted by Crippen LogP contribution is 2.38. The van der Waals surface area contributed by atoms with Crippen molar-refractivity contribution in [2.75, 3.05) is 11.4 Å². The second-order valence-electron chi connectivity index (χ2n) is 10.1. The van der Waals surface area contributed by atoms with Gasteiger partial charge in [0.05, 0.1) is 10.9 Å². The zero-order valence-corrected chi connectivity index (χ0v) is 21.4. The number of fused-ring (bicyclic) bond motifs is 1. The molecule has 5 rings (SSSR count). The molecule has 3 aliphatic rings. The van der Waals surface area contributed by atoms with E-state index in [0.29, 0.717) is 16.8 Å². The van der Waals surface area contributed by atoms with Crippen molar-refractivity contribution in [3.8, 4) is 0 Å². The number of carbonyl (C=O) groups excluding carboxylic acids is 2. The number of carbonyl (C=O) groups is 2. The summed E-state index contributed by atoms with van der Waals surface area (Å²) in [4.78, 5) is 30.3. The van der Waals surface area contributed by atoms with E-state index >= 15 is 0 Å². The molecular weight excluding hydrogens is 466 g/mol. The Morgan fingerprint density at radius 2 is 1.91 bits per heavy atom. The molecule has 0 spiro atoms. The predicted octanol–water partition coefficient (Wildman–Crippen LogP) is 5.87. The average molecular weight is 500 g/mol. The van der Waals surface area contributed by atoms with Crippen LogP contribution in [0, 0.1) is 5.92 Å². The lowest BCUT2D eigenvalue weighted by molar-refractivity contribution is -0.123. The van der Waals surface area contributed by atoms with Crippen LogP contribution in [0.1, 0.15) is 84.4 Å². The minimum atomic E-state index is -0.449. The SMILES string of the molecule is C[C@H](c1ccc(C(=O)N[C@@H](CC2CCCC2)C(=O)NC2CC2)s1)N1CCCc2ccc(Cl)cc21. The highest BCUT2D eigenvalue weighted by atomic mass is 35.5. The van der Waals surface area contributed by atoms with Crippen LogP contribution in [-0.2, 0) is 11.2 Å². The molecule has 0 unspecified atom stereocenters. The maximum Gasteiger partial charge on any atom is 0.262 e. The summed E-state index contributed by atoms with van der Waals surface area (Å²) in [6.07, 6.45) is 9.79. The number of hydrogen-bond acceptors (Lipinski definition) is 4. The number of benzene rings is 1. The number of aryl methyl sites for hydroxylation is 1. The monoisotopic (exact) mass is 499 g/mol. The van der Waals surface area contributed by atoms with Crippen molar-refractivity contribution in [2.45, 2.75) is 82.8 Å². The number of rotatable bonds is 8. The highest BCUT2D eigenvalue weighted by molar-refractivity contribution is 7.14. The molecular formula is C27H34ClN3O2S. The maximum atomic E-state index is 13.2. The van der Waals surface area contributed by atoms with Gasteiger partial charge in [-0.2, -0.15) is 0 Å². The third-order valence-corrected chi connectivity index (χ3v) is 9.01. The molecule has 0 bridgehead atoms. The van der Waals surface area contributed by atoms with Crippen molar-refractivity contribution < 1.29 is 9.59 Å². The fourth-order valence-electron chi connectivity index (χ4n) is 5.40. The van der Waals surface area contributed by atoms with Crippen LogP contribution in [0.2, 0.25) is 5.02 Å². The topological polar surface area (TPSA) is 61.4 Å². The summed E-state index contributed by atoms with van der Waals surface area (Å²) < 4.78 is 0. The summed E-state index contributed by atoms with van der Waals surface area (Å²) in [5, 5.41) is 6.93. The molecule has 2 aliphatic carbocycles. The van der Waals surface area contributed by atoms with Crippen LogP contribution in [0.3, 0.4) is 0 Å². The summed E-state index contributed by atoms with van der Waals surface area (Å²) in [6, 6.07) is 10.1. The Morgan fingerprint density at radius 1 is 1.12 bits per heavy atom. The Bertz CT molecular complexity index is 1040. The lowest BCUT2D eigenvalue weighted by atomic mass is 9.97. The van der Waals surface area contributed by atoms with Crippen molar-refractivity contribution >= 4 is 40.4 Å². The fourth-order valence-corrected chi connectivity index (χ4v) is 6.54. The Morgan fingerprint density at radius 3 is 2.68 bits per heavy atom. The maximum absolute atomic E-state index is 13.2. The van der Waals surface area contributed by atoms with E-state index in [-0.39, 0.29) is 17.9 Å². The molecule has 7 heteroatoms. The van der Waals surface area contributed by atoms with Crippen LogP contribution in [0.25, 0.3) is 0 Å². The van der Waals surface area contributed by atoms with Gasteiger partial charge in [-0.1, -0.05) is 43.4 Å². The zero-order valence-electron chi connectivity index (χ0n) is 19.8. The Labute approximate surface area is 211 Å². The van der Waals surface area contributed by atoms with E-state index in [1.165, 1.54) is 35.4 Å². The number of nitrogens with one attached hydrogen (secondary N) is 2. The van der Waals surface area contributed by atoms with Gasteiger partial charge in [0.15, 0.2) is 0 Å². The molecule has 2 N–H and O–H groups in total. The Kier molecular flexibility index (Phi) is 7.16. The minimum Gasteiger partial charge on any atom is -0.364 e. The predicted molar refractivity (Wildman–Crippen MR) is 139 cm³/mol. The molecule has 0 radical (unpaired) electrons. The molecule has 5 nitrogen and oxygen atoms in total. The van der Waals surface area contributed by atoms with Gasteiger partial charge in [0.25, 0.3) is 5.91 Å². The van der Waals surface area contributed by atoms with Crippen LogP contribution in [-0.4, -0.2) is 30.4 Å². The standard InChI is InChI=1S/C27H34ClN3O2S/c1-17(31-14-4-7-19-8-9-20(28)16-23(19)31)24-12-13-25(34-24)27(33)30-22(15-18-5-2-3-6-18)26(32)29-21-10-11-21/h8-9,12-13,16-18,21-22H,2-7,10-11,14-15H2,1H3,(H,29,32)(H,30,33)/t17-,22+/m1/s1. The molecule has 2 aromatic rings. The van der Waals surface area contributed by atoms with Crippen LogP contribution in [0.5, 0.6) is 0 Å². The second-order valence-corrected chi connectivity index (χ2v) is 11.7. The van der Waals surface area contributed by atoms with E-state index in [2.05, 4.69) is 40.7 Å². The zero-order chi connectivity index (χ0) is 23.7. The van der Waals surface area contributed by atoms with Crippen LogP contribution in [0.4, 0.5) is 5.69 Å². The molecule has 1 aromatic heterocycles.